The van der Waals surface area contributed by atoms with Crippen LogP contribution < -0.4 is 11.1 Å². The molecule has 4 N–H and O–H groups in total. The highest BCUT2D eigenvalue weighted by atomic mass is 16.3. The van der Waals surface area contributed by atoms with Gasteiger partial charge in [-0.3, -0.25) is 9.48 Å². The molecule has 0 bridgehead atoms. The molecule has 0 spiro atoms. The van der Waals surface area contributed by atoms with Crippen molar-refractivity contribution in [1.29, 1.82) is 0 Å². The van der Waals surface area contributed by atoms with E-state index in [1.807, 2.05) is 0 Å². The van der Waals surface area contributed by atoms with Gasteiger partial charge in [-0.2, -0.15) is 0 Å². The summed E-state index contributed by atoms with van der Waals surface area (Å²) in [6.07, 6.45) is 2.24. The topological polar surface area (TPSA) is 106 Å². The van der Waals surface area contributed by atoms with E-state index in [-0.39, 0.29) is 6.61 Å². The van der Waals surface area contributed by atoms with E-state index in [9.17, 15) is 4.79 Å². The highest BCUT2D eigenvalue weighted by Gasteiger charge is 2.18. The lowest BCUT2D eigenvalue weighted by Gasteiger charge is -2.07. The van der Waals surface area contributed by atoms with Gasteiger partial charge in [0.1, 0.15) is 11.7 Å². The summed E-state index contributed by atoms with van der Waals surface area (Å²) in [4.78, 5) is 11.0. The normalized spacial score (nSPS) is 12.7. The van der Waals surface area contributed by atoms with Crippen LogP contribution in [0.5, 0.6) is 0 Å². The minimum atomic E-state index is -0.618. The molecule has 1 rings (SSSR count). The van der Waals surface area contributed by atoms with Crippen molar-refractivity contribution < 1.29 is 9.90 Å². The number of nitrogens with zero attached hydrogens (tertiary/aromatic N) is 3. The monoisotopic (exact) mass is 213 g/mol. The number of likely N-dealkylation sites (N-methyl/N-ethyl adjacent to an activating group) is 1. The smallest absolute Gasteiger partial charge is 0.240 e. The van der Waals surface area contributed by atoms with Gasteiger partial charge in [0, 0.05) is 13.2 Å². The van der Waals surface area contributed by atoms with Gasteiger partial charge in [-0.1, -0.05) is 5.21 Å². The van der Waals surface area contributed by atoms with Gasteiger partial charge >= 0.3 is 0 Å². The highest BCUT2D eigenvalue weighted by molar-refractivity contribution is 5.80. The third kappa shape index (κ3) is 3.00. The van der Waals surface area contributed by atoms with Crippen molar-refractivity contribution >= 4 is 5.91 Å². The van der Waals surface area contributed by atoms with Crippen LogP contribution in [0.15, 0.2) is 6.20 Å². The second-order valence-corrected chi connectivity index (χ2v) is 3.11. The Balaban J connectivity index is 2.69. The molecule has 15 heavy (non-hydrogen) atoms. The summed E-state index contributed by atoms with van der Waals surface area (Å²) in [7, 11) is 1.63. The highest BCUT2D eigenvalue weighted by Crippen LogP contribution is 2.07. The molecule has 0 aliphatic rings. The van der Waals surface area contributed by atoms with E-state index < -0.39 is 11.9 Å². The summed E-state index contributed by atoms with van der Waals surface area (Å²) in [5, 5.41) is 19.0. The predicted octanol–water partition coefficient (Wildman–Crippen LogP) is -1.59. The van der Waals surface area contributed by atoms with Gasteiger partial charge < -0.3 is 16.2 Å². The number of primary amides is 1. The summed E-state index contributed by atoms with van der Waals surface area (Å²) in [5.41, 5.74) is 5.66. The number of hydrogen-bond acceptors (Lipinski definition) is 5. The first kappa shape index (κ1) is 11.6. The number of amides is 1. The van der Waals surface area contributed by atoms with Crippen molar-refractivity contribution in [2.75, 3.05) is 13.7 Å². The molecule has 1 aromatic heterocycles. The first-order valence-corrected chi connectivity index (χ1v) is 4.66. The summed E-state index contributed by atoms with van der Waals surface area (Å²) in [6, 6.07) is -0.618. The minimum Gasteiger partial charge on any atom is -0.396 e. The Morgan fingerprint density at radius 2 is 2.53 bits per heavy atom. The van der Waals surface area contributed by atoms with Crippen LogP contribution in [0.2, 0.25) is 0 Å². The van der Waals surface area contributed by atoms with Crippen molar-refractivity contribution in [3.05, 3.63) is 11.9 Å². The molecule has 1 heterocycles. The molecule has 0 aromatic carbocycles. The van der Waals surface area contributed by atoms with E-state index in [4.69, 9.17) is 10.8 Å². The van der Waals surface area contributed by atoms with E-state index in [1.165, 1.54) is 0 Å². The van der Waals surface area contributed by atoms with Crippen LogP contribution in [-0.2, 0) is 11.3 Å². The van der Waals surface area contributed by atoms with Crippen LogP contribution in [0.4, 0.5) is 0 Å². The lowest BCUT2D eigenvalue weighted by Crippen LogP contribution is -2.31. The maximum absolute atomic E-state index is 11.0. The molecule has 0 aliphatic carbocycles. The lowest BCUT2D eigenvalue weighted by atomic mass is 10.2. The molecular weight excluding hydrogens is 198 g/mol. The molecule has 0 fully saturated rings. The number of aliphatic hydroxyl groups excluding tert-OH is 1. The molecule has 0 saturated carbocycles. The number of nitrogens with one attached hydrogen (secondary N) is 1. The van der Waals surface area contributed by atoms with Crippen LogP contribution in [0, 0.1) is 0 Å². The Morgan fingerprint density at radius 1 is 1.80 bits per heavy atom. The number of aromatic nitrogens is 3. The Kier molecular flexibility index (Phi) is 4.19. The zero-order valence-electron chi connectivity index (χ0n) is 8.55. The molecular formula is C8H15N5O2. The molecule has 1 unspecified atom stereocenters. The molecule has 0 aliphatic heterocycles. The van der Waals surface area contributed by atoms with Crippen molar-refractivity contribution in [1.82, 2.24) is 20.3 Å². The first-order valence-electron chi connectivity index (χ1n) is 4.66. The largest absolute Gasteiger partial charge is 0.396 e. The summed E-state index contributed by atoms with van der Waals surface area (Å²) in [6.45, 7) is 0.666. The zero-order chi connectivity index (χ0) is 11.3. The van der Waals surface area contributed by atoms with Crippen LogP contribution >= 0.6 is 0 Å². The molecule has 7 nitrogen and oxygen atoms in total. The Labute approximate surface area is 87.3 Å². The fourth-order valence-corrected chi connectivity index (χ4v) is 1.22. The summed E-state index contributed by atoms with van der Waals surface area (Å²) < 4.78 is 1.57. The van der Waals surface area contributed by atoms with Gasteiger partial charge in [0.05, 0.1) is 6.20 Å². The maximum atomic E-state index is 11.0. The Bertz CT molecular complexity index is 325. The molecule has 1 atom stereocenters. The second-order valence-electron chi connectivity index (χ2n) is 3.11. The van der Waals surface area contributed by atoms with E-state index >= 15 is 0 Å². The maximum Gasteiger partial charge on any atom is 0.240 e. The number of carbonyl (C=O) groups excluding carboxylic acids is 1. The number of aliphatic hydroxyl groups is 1. The van der Waals surface area contributed by atoms with Gasteiger partial charge in [0.15, 0.2) is 0 Å². The SMILES string of the molecule is CNC(C(N)=O)c1cn(CCCO)nn1. The van der Waals surface area contributed by atoms with E-state index in [0.29, 0.717) is 18.7 Å². The average Bonchev–Trinajstić information content (AvgIpc) is 2.64. The molecule has 1 aromatic rings. The van der Waals surface area contributed by atoms with Gasteiger partial charge in [0.2, 0.25) is 5.91 Å². The Morgan fingerprint density at radius 3 is 3.07 bits per heavy atom. The quantitative estimate of drug-likeness (QED) is 0.528. The zero-order valence-corrected chi connectivity index (χ0v) is 8.55. The predicted molar refractivity (Wildman–Crippen MR) is 52.7 cm³/mol. The third-order valence-electron chi connectivity index (χ3n) is 1.97. The second kappa shape index (κ2) is 5.42. The minimum absolute atomic E-state index is 0.0977. The van der Waals surface area contributed by atoms with Gasteiger partial charge in [-0.05, 0) is 13.5 Å². The summed E-state index contributed by atoms with van der Waals surface area (Å²) >= 11 is 0. The van der Waals surface area contributed by atoms with Gasteiger partial charge in [-0.25, -0.2) is 0 Å². The fraction of sp³-hybridized carbons (Fsp3) is 0.625. The van der Waals surface area contributed by atoms with Crippen molar-refractivity contribution in [3.8, 4) is 0 Å². The third-order valence-corrected chi connectivity index (χ3v) is 1.97. The van der Waals surface area contributed by atoms with Gasteiger partial charge in [0.25, 0.3) is 0 Å². The number of hydrogen-bond donors (Lipinski definition) is 3. The Hall–Kier alpha value is -1.47. The van der Waals surface area contributed by atoms with Crippen LogP contribution in [0.3, 0.4) is 0 Å². The summed E-state index contributed by atoms with van der Waals surface area (Å²) in [5.74, 6) is -0.494. The van der Waals surface area contributed by atoms with Crippen LogP contribution in [0.25, 0.3) is 0 Å². The van der Waals surface area contributed by atoms with E-state index in [0.717, 1.165) is 0 Å². The lowest BCUT2D eigenvalue weighted by molar-refractivity contribution is -0.120. The van der Waals surface area contributed by atoms with Crippen molar-refractivity contribution in [2.24, 2.45) is 5.73 Å². The number of aryl methyl sites for hydroxylation is 1. The standard InChI is InChI=1S/C8H15N5O2/c1-10-7(8(9)15)6-5-13(12-11-6)3-2-4-14/h5,7,10,14H,2-4H2,1H3,(H2,9,15). The van der Waals surface area contributed by atoms with Crippen LogP contribution in [-0.4, -0.2) is 39.7 Å². The van der Waals surface area contributed by atoms with E-state index in [2.05, 4.69) is 15.6 Å². The van der Waals surface area contributed by atoms with Gasteiger partial charge in [-0.15, -0.1) is 5.10 Å². The first-order chi connectivity index (χ1) is 7.19. The molecule has 1 amide bonds. The number of rotatable bonds is 6. The fourth-order valence-electron chi connectivity index (χ4n) is 1.22. The van der Waals surface area contributed by atoms with Crippen molar-refractivity contribution in [2.45, 2.75) is 19.0 Å². The molecule has 84 valence electrons. The average molecular weight is 213 g/mol. The molecule has 0 radical (unpaired) electrons. The van der Waals surface area contributed by atoms with Crippen molar-refractivity contribution in [3.63, 3.8) is 0 Å². The molecule has 7 heteroatoms. The number of carbonyl (C=O) groups is 1. The van der Waals surface area contributed by atoms with E-state index in [1.54, 1.807) is 17.9 Å². The number of nitrogens with two attached hydrogens (primary N) is 1. The molecule has 0 saturated heterocycles. The van der Waals surface area contributed by atoms with Crippen LogP contribution in [0.1, 0.15) is 18.2 Å².